The zero-order valence-corrected chi connectivity index (χ0v) is 21.0. The molecule has 5 nitrogen and oxygen atoms in total. The quantitative estimate of drug-likeness (QED) is 0.252. The highest BCUT2D eigenvalue weighted by molar-refractivity contribution is 8.26. The predicted molar refractivity (Wildman–Crippen MR) is 140 cm³/mol. The molecule has 1 aliphatic heterocycles. The van der Waals surface area contributed by atoms with Crippen molar-refractivity contribution in [2.75, 3.05) is 13.7 Å². The minimum atomic E-state index is -0.321. The second-order valence-corrected chi connectivity index (χ2v) is 9.31. The second-order valence-electron chi connectivity index (χ2n) is 7.64. The third kappa shape index (κ3) is 6.01. The SMILES string of the molecule is CCOc1cc(C=C2SC(=S)N(Cc3ccc(OC)cc3)C2=O)ccc1OCc1ccccc1F. The Labute approximate surface area is 213 Å². The molecule has 35 heavy (non-hydrogen) atoms. The molecule has 1 heterocycles. The van der Waals surface area contributed by atoms with Crippen molar-refractivity contribution in [3.63, 3.8) is 0 Å². The van der Waals surface area contributed by atoms with Crippen LogP contribution in [0.5, 0.6) is 17.2 Å². The lowest BCUT2D eigenvalue weighted by atomic mass is 10.1. The van der Waals surface area contributed by atoms with Gasteiger partial charge in [0.1, 0.15) is 22.5 Å². The van der Waals surface area contributed by atoms with Gasteiger partial charge in [-0.05, 0) is 54.5 Å². The number of nitrogens with zero attached hydrogens (tertiary/aromatic N) is 1. The normalized spacial score (nSPS) is 14.5. The highest BCUT2D eigenvalue weighted by Gasteiger charge is 2.32. The fraction of sp³-hybridized carbons (Fsp3) is 0.185. The Hall–Kier alpha value is -3.36. The molecule has 4 rings (SSSR count). The van der Waals surface area contributed by atoms with Crippen molar-refractivity contribution < 1.29 is 23.4 Å². The van der Waals surface area contributed by atoms with Crippen LogP contribution in [0.4, 0.5) is 4.39 Å². The minimum absolute atomic E-state index is 0.0795. The summed E-state index contributed by atoms with van der Waals surface area (Å²) in [6, 6.07) is 19.4. The largest absolute Gasteiger partial charge is 0.497 e. The molecule has 0 aliphatic carbocycles. The Morgan fingerprint density at radius 1 is 1.03 bits per heavy atom. The smallest absolute Gasteiger partial charge is 0.266 e. The Balaban J connectivity index is 1.49. The lowest BCUT2D eigenvalue weighted by molar-refractivity contribution is -0.122. The number of hydrogen-bond acceptors (Lipinski definition) is 6. The van der Waals surface area contributed by atoms with Gasteiger partial charge in [-0.1, -0.05) is 60.4 Å². The van der Waals surface area contributed by atoms with Crippen molar-refractivity contribution in [3.8, 4) is 17.2 Å². The number of halogens is 1. The van der Waals surface area contributed by atoms with Crippen LogP contribution < -0.4 is 14.2 Å². The maximum absolute atomic E-state index is 13.9. The Kier molecular flexibility index (Phi) is 8.05. The highest BCUT2D eigenvalue weighted by Crippen LogP contribution is 2.36. The van der Waals surface area contributed by atoms with E-state index in [0.29, 0.717) is 39.4 Å². The topological polar surface area (TPSA) is 48.0 Å². The zero-order chi connectivity index (χ0) is 24.8. The number of amides is 1. The van der Waals surface area contributed by atoms with E-state index in [1.165, 1.54) is 17.8 Å². The van der Waals surface area contributed by atoms with Crippen molar-refractivity contribution in [2.45, 2.75) is 20.1 Å². The molecule has 3 aromatic rings. The van der Waals surface area contributed by atoms with Gasteiger partial charge in [-0.2, -0.15) is 0 Å². The van der Waals surface area contributed by atoms with Crippen molar-refractivity contribution >= 4 is 40.3 Å². The van der Waals surface area contributed by atoms with Crippen LogP contribution in [0.3, 0.4) is 0 Å². The van der Waals surface area contributed by atoms with E-state index in [4.69, 9.17) is 26.4 Å². The van der Waals surface area contributed by atoms with Gasteiger partial charge in [0, 0.05) is 5.56 Å². The number of benzene rings is 3. The molecule has 0 radical (unpaired) electrons. The maximum Gasteiger partial charge on any atom is 0.266 e. The molecule has 0 aromatic heterocycles. The summed E-state index contributed by atoms with van der Waals surface area (Å²) in [7, 11) is 1.61. The highest BCUT2D eigenvalue weighted by atomic mass is 32.2. The molecule has 0 atom stereocenters. The fourth-order valence-corrected chi connectivity index (χ4v) is 4.73. The summed E-state index contributed by atoms with van der Waals surface area (Å²) >= 11 is 6.73. The maximum atomic E-state index is 13.9. The van der Waals surface area contributed by atoms with E-state index in [2.05, 4.69) is 0 Å². The lowest BCUT2D eigenvalue weighted by Gasteiger charge is -2.15. The van der Waals surface area contributed by atoms with Crippen LogP contribution in [0, 0.1) is 5.82 Å². The third-order valence-electron chi connectivity index (χ3n) is 5.28. The molecule has 0 unspecified atom stereocenters. The summed E-state index contributed by atoms with van der Waals surface area (Å²) in [5, 5.41) is 0. The van der Waals surface area contributed by atoms with Gasteiger partial charge in [-0.25, -0.2) is 4.39 Å². The number of methoxy groups -OCH3 is 1. The summed E-state index contributed by atoms with van der Waals surface area (Å²) in [4.78, 5) is 15.2. The first-order valence-corrected chi connectivity index (χ1v) is 12.2. The standard InChI is InChI=1S/C27H24FNO4S2/c1-3-32-24-14-19(10-13-23(24)33-17-20-6-4-5-7-22(20)28)15-25-26(30)29(27(34)35-25)16-18-8-11-21(31-2)12-9-18/h4-15H,3,16-17H2,1-2H3. The first kappa shape index (κ1) is 24.8. The molecule has 8 heteroatoms. The molecule has 180 valence electrons. The van der Waals surface area contributed by atoms with Gasteiger partial charge in [-0.3, -0.25) is 9.69 Å². The van der Waals surface area contributed by atoms with Crippen molar-refractivity contribution in [1.29, 1.82) is 0 Å². The molecule has 0 bridgehead atoms. The van der Waals surface area contributed by atoms with Crippen LogP contribution >= 0.6 is 24.0 Å². The fourth-order valence-electron chi connectivity index (χ4n) is 3.47. The van der Waals surface area contributed by atoms with Crippen LogP contribution in [0.25, 0.3) is 6.08 Å². The molecule has 1 aliphatic rings. The van der Waals surface area contributed by atoms with E-state index in [0.717, 1.165) is 16.9 Å². The van der Waals surface area contributed by atoms with Crippen molar-refractivity contribution in [3.05, 3.63) is 94.1 Å². The monoisotopic (exact) mass is 509 g/mol. The van der Waals surface area contributed by atoms with Crippen LogP contribution in [0.1, 0.15) is 23.6 Å². The van der Waals surface area contributed by atoms with E-state index in [-0.39, 0.29) is 18.3 Å². The minimum Gasteiger partial charge on any atom is -0.497 e. The number of carbonyl (C=O) groups excluding carboxylic acids is 1. The van der Waals surface area contributed by atoms with Crippen molar-refractivity contribution in [1.82, 2.24) is 4.90 Å². The molecule has 1 amide bonds. The molecular formula is C27H24FNO4S2. The average Bonchev–Trinajstić information content (AvgIpc) is 3.12. The van der Waals surface area contributed by atoms with Gasteiger partial charge < -0.3 is 14.2 Å². The predicted octanol–water partition coefficient (Wildman–Crippen LogP) is 6.21. The summed E-state index contributed by atoms with van der Waals surface area (Å²) in [5.41, 5.74) is 2.19. The molecule has 0 saturated carbocycles. The number of carbonyl (C=O) groups is 1. The van der Waals surface area contributed by atoms with E-state index in [1.807, 2.05) is 37.3 Å². The summed E-state index contributed by atoms with van der Waals surface area (Å²) in [6.45, 7) is 2.77. The Morgan fingerprint density at radius 2 is 1.80 bits per heavy atom. The Bertz CT molecular complexity index is 1260. The van der Waals surface area contributed by atoms with Gasteiger partial charge in [-0.15, -0.1) is 0 Å². The number of ether oxygens (including phenoxy) is 3. The summed E-state index contributed by atoms with van der Waals surface area (Å²) < 4.78 is 31.2. The summed E-state index contributed by atoms with van der Waals surface area (Å²) in [5.74, 6) is 1.31. The molecule has 1 saturated heterocycles. The number of thioether (sulfide) groups is 1. The number of rotatable bonds is 9. The number of hydrogen-bond donors (Lipinski definition) is 0. The van der Waals surface area contributed by atoms with Crippen LogP contribution in [-0.2, 0) is 17.9 Å². The molecule has 3 aromatic carbocycles. The first-order chi connectivity index (χ1) is 17.0. The average molecular weight is 510 g/mol. The van der Waals surface area contributed by atoms with E-state index in [9.17, 15) is 9.18 Å². The van der Waals surface area contributed by atoms with Crippen molar-refractivity contribution in [2.24, 2.45) is 0 Å². The van der Waals surface area contributed by atoms with Crippen LogP contribution in [-0.4, -0.2) is 28.8 Å². The molecular weight excluding hydrogens is 485 g/mol. The van der Waals surface area contributed by atoms with Gasteiger partial charge in [0.15, 0.2) is 11.5 Å². The molecule has 0 N–H and O–H groups in total. The van der Waals surface area contributed by atoms with E-state index in [1.54, 1.807) is 48.4 Å². The van der Waals surface area contributed by atoms with Gasteiger partial charge in [0.05, 0.1) is 25.2 Å². The zero-order valence-electron chi connectivity index (χ0n) is 19.3. The first-order valence-electron chi connectivity index (χ1n) is 11.0. The molecule has 1 fully saturated rings. The third-order valence-corrected chi connectivity index (χ3v) is 6.66. The lowest BCUT2D eigenvalue weighted by Crippen LogP contribution is -2.27. The second kappa shape index (κ2) is 11.4. The van der Waals surface area contributed by atoms with Crippen LogP contribution in [0.15, 0.2) is 71.6 Å². The van der Waals surface area contributed by atoms with Gasteiger partial charge in [0.25, 0.3) is 5.91 Å². The van der Waals surface area contributed by atoms with Gasteiger partial charge in [0.2, 0.25) is 0 Å². The molecule has 0 spiro atoms. The Morgan fingerprint density at radius 3 is 2.51 bits per heavy atom. The van der Waals surface area contributed by atoms with Crippen LogP contribution in [0.2, 0.25) is 0 Å². The van der Waals surface area contributed by atoms with Gasteiger partial charge >= 0.3 is 0 Å². The van der Waals surface area contributed by atoms with E-state index < -0.39 is 0 Å². The van der Waals surface area contributed by atoms with E-state index >= 15 is 0 Å². The number of thiocarbonyl (C=S) groups is 1. The summed E-state index contributed by atoms with van der Waals surface area (Å²) in [6.07, 6.45) is 1.79.